The molecular formula is C20H32N4O4S. The number of morpholine rings is 1. The predicted octanol–water partition coefficient (Wildman–Crippen LogP) is 1.02. The third kappa shape index (κ3) is 6.15. The van der Waals surface area contributed by atoms with Gasteiger partial charge in [0.1, 0.15) is 0 Å². The molecule has 2 aliphatic heterocycles. The normalized spacial score (nSPS) is 19.7. The Hall–Kier alpha value is -1.68. The van der Waals surface area contributed by atoms with Gasteiger partial charge in [0.15, 0.2) is 0 Å². The van der Waals surface area contributed by atoms with Crippen molar-refractivity contribution in [2.24, 2.45) is 11.1 Å². The SMILES string of the molecule is CC(CNC(=O)c1cc(S(N)(=O)=O)ccc1N1CCOCC1)CN1CCCCC1. The van der Waals surface area contributed by atoms with Gasteiger partial charge in [0, 0.05) is 31.9 Å². The van der Waals surface area contributed by atoms with Crippen molar-refractivity contribution in [1.82, 2.24) is 10.2 Å². The maximum atomic E-state index is 13.0. The minimum absolute atomic E-state index is 0.0546. The third-order valence-electron chi connectivity index (χ3n) is 5.52. The number of carbonyl (C=O) groups excluding carboxylic acids is 1. The predicted molar refractivity (Wildman–Crippen MR) is 113 cm³/mol. The number of carbonyl (C=O) groups is 1. The molecule has 1 aromatic rings. The molecule has 2 aliphatic rings. The Morgan fingerprint density at radius 2 is 1.86 bits per heavy atom. The smallest absolute Gasteiger partial charge is 0.253 e. The second kappa shape index (κ2) is 9.88. The van der Waals surface area contributed by atoms with Gasteiger partial charge in [0.25, 0.3) is 5.91 Å². The van der Waals surface area contributed by atoms with E-state index in [1.165, 1.54) is 31.4 Å². The lowest BCUT2D eigenvalue weighted by Gasteiger charge is -2.31. The molecule has 3 N–H and O–H groups in total. The molecule has 1 atom stereocenters. The topological polar surface area (TPSA) is 105 Å². The molecule has 1 aromatic carbocycles. The molecule has 0 saturated carbocycles. The van der Waals surface area contributed by atoms with Crippen molar-refractivity contribution in [2.75, 3.05) is 57.4 Å². The second-order valence-corrected chi connectivity index (χ2v) is 9.56. The average molecular weight is 425 g/mol. The summed E-state index contributed by atoms with van der Waals surface area (Å²) >= 11 is 0. The van der Waals surface area contributed by atoms with E-state index in [9.17, 15) is 13.2 Å². The minimum Gasteiger partial charge on any atom is -0.378 e. The van der Waals surface area contributed by atoms with Gasteiger partial charge in [-0.25, -0.2) is 13.6 Å². The van der Waals surface area contributed by atoms with Crippen molar-refractivity contribution >= 4 is 21.6 Å². The first-order chi connectivity index (χ1) is 13.8. The van der Waals surface area contributed by atoms with Crippen LogP contribution >= 0.6 is 0 Å². The van der Waals surface area contributed by atoms with Crippen LogP contribution in [-0.2, 0) is 14.8 Å². The van der Waals surface area contributed by atoms with Crippen molar-refractivity contribution < 1.29 is 17.9 Å². The van der Waals surface area contributed by atoms with E-state index in [-0.39, 0.29) is 10.8 Å². The van der Waals surface area contributed by atoms with Crippen LogP contribution in [0.25, 0.3) is 0 Å². The molecule has 0 bridgehead atoms. The van der Waals surface area contributed by atoms with Crippen LogP contribution < -0.4 is 15.4 Å². The first kappa shape index (κ1) is 22.0. The molecule has 162 valence electrons. The van der Waals surface area contributed by atoms with Crippen molar-refractivity contribution in [3.05, 3.63) is 23.8 Å². The van der Waals surface area contributed by atoms with E-state index in [4.69, 9.17) is 9.88 Å². The number of rotatable bonds is 7. The van der Waals surface area contributed by atoms with Gasteiger partial charge in [-0.3, -0.25) is 4.79 Å². The molecule has 0 spiro atoms. The minimum atomic E-state index is -3.89. The third-order valence-corrected chi connectivity index (χ3v) is 6.43. The lowest BCUT2D eigenvalue weighted by atomic mass is 10.1. The second-order valence-electron chi connectivity index (χ2n) is 8.00. The average Bonchev–Trinajstić information content (AvgIpc) is 2.72. The van der Waals surface area contributed by atoms with Gasteiger partial charge in [-0.2, -0.15) is 0 Å². The van der Waals surface area contributed by atoms with Crippen LogP contribution in [0, 0.1) is 5.92 Å². The van der Waals surface area contributed by atoms with E-state index in [1.54, 1.807) is 6.07 Å². The van der Waals surface area contributed by atoms with Gasteiger partial charge >= 0.3 is 0 Å². The number of nitrogens with zero attached hydrogens (tertiary/aromatic N) is 2. The highest BCUT2D eigenvalue weighted by molar-refractivity contribution is 7.89. The fraction of sp³-hybridized carbons (Fsp3) is 0.650. The number of anilines is 1. The standard InChI is InChI=1S/C20H32N4O4S/c1-16(15-23-7-3-2-4-8-23)14-22-20(25)18-13-17(29(21,26)27)5-6-19(18)24-9-11-28-12-10-24/h5-6,13,16H,2-4,7-12,14-15H2,1H3,(H,22,25)(H2,21,26,27). The number of hydrogen-bond donors (Lipinski definition) is 2. The monoisotopic (exact) mass is 424 g/mol. The largest absolute Gasteiger partial charge is 0.378 e. The molecule has 0 aromatic heterocycles. The maximum Gasteiger partial charge on any atom is 0.253 e. The highest BCUT2D eigenvalue weighted by atomic mass is 32.2. The Bertz CT molecular complexity index is 803. The summed E-state index contributed by atoms with van der Waals surface area (Å²) in [4.78, 5) is 17.4. The van der Waals surface area contributed by atoms with Crippen LogP contribution in [-0.4, -0.2) is 71.7 Å². The zero-order chi connectivity index (χ0) is 20.9. The van der Waals surface area contributed by atoms with Gasteiger partial charge in [-0.15, -0.1) is 0 Å². The number of benzene rings is 1. The zero-order valence-electron chi connectivity index (χ0n) is 17.1. The first-order valence-corrected chi connectivity index (χ1v) is 11.9. The van der Waals surface area contributed by atoms with Crippen molar-refractivity contribution in [2.45, 2.75) is 31.1 Å². The summed E-state index contributed by atoms with van der Waals surface area (Å²) in [5, 5.41) is 8.27. The molecule has 1 unspecified atom stereocenters. The number of amides is 1. The van der Waals surface area contributed by atoms with Crippen molar-refractivity contribution in [1.29, 1.82) is 0 Å². The Kier molecular flexibility index (Phi) is 7.50. The molecule has 2 saturated heterocycles. The summed E-state index contributed by atoms with van der Waals surface area (Å²) in [5.74, 6) is 0.0350. The number of nitrogens with one attached hydrogen (secondary N) is 1. The number of hydrogen-bond acceptors (Lipinski definition) is 6. The van der Waals surface area contributed by atoms with Crippen LogP contribution in [0.2, 0.25) is 0 Å². The Morgan fingerprint density at radius 1 is 1.17 bits per heavy atom. The first-order valence-electron chi connectivity index (χ1n) is 10.3. The lowest BCUT2D eigenvalue weighted by Crippen LogP contribution is -2.40. The molecular weight excluding hydrogens is 392 g/mol. The van der Waals surface area contributed by atoms with E-state index in [0.717, 1.165) is 19.6 Å². The molecule has 8 nitrogen and oxygen atoms in total. The highest BCUT2D eigenvalue weighted by Gasteiger charge is 2.22. The van der Waals surface area contributed by atoms with E-state index >= 15 is 0 Å². The number of nitrogens with two attached hydrogens (primary N) is 1. The zero-order valence-corrected chi connectivity index (χ0v) is 17.9. The summed E-state index contributed by atoms with van der Waals surface area (Å²) in [7, 11) is -3.89. The van der Waals surface area contributed by atoms with E-state index in [1.807, 2.05) is 4.90 Å². The van der Waals surface area contributed by atoms with E-state index < -0.39 is 10.0 Å². The number of ether oxygens (including phenoxy) is 1. The quantitative estimate of drug-likeness (QED) is 0.677. The molecule has 9 heteroatoms. The summed E-state index contributed by atoms with van der Waals surface area (Å²) in [6.45, 7) is 8.31. The number of likely N-dealkylation sites (tertiary alicyclic amines) is 1. The molecule has 2 fully saturated rings. The van der Waals surface area contributed by atoms with Crippen LogP contribution in [0.4, 0.5) is 5.69 Å². The molecule has 3 rings (SSSR count). The number of piperidine rings is 1. The molecule has 0 aliphatic carbocycles. The van der Waals surface area contributed by atoms with Crippen LogP contribution in [0.1, 0.15) is 36.5 Å². The highest BCUT2D eigenvalue weighted by Crippen LogP contribution is 2.25. The number of primary sulfonamides is 1. The van der Waals surface area contributed by atoms with Gasteiger partial charge in [-0.1, -0.05) is 13.3 Å². The van der Waals surface area contributed by atoms with Gasteiger partial charge in [0.2, 0.25) is 10.0 Å². The Morgan fingerprint density at radius 3 is 2.52 bits per heavy atom. The maximum absolute atomic E-state index is 13.0. The Balaban J connectivity index is 1.70. The molecule has 2 heterocycles. The number of sulfonamides is 1. The fourth-order valence-electron chi connectivity index (χ4n) is 3.96. The lowest BCUT2D eigenvalue weighted by molar-refractivity contribution is 0.0941. The van der Waals surface area contributed by atoms with Crippen LogP contribution in [0.3, 0.4) is 0 Å². The van der Waals surface area contributed by atoms with Crippen molar-refractivity contribution in [3.63, 3.8) is 0 Å². The fourth-order valence-corrected chi connectivity index (χ4v) is 4.50. The van der Waals surface area contributed by atoms with Gasteiger partial charge in [-0.05, 0) is 50.0 Å². The summed E-state index contributed by atoms with van der Waals surface area (Å²) in [6.07, 6.45) is 3.77. The Labute approximate surface area is 173 Å². The van der Waals surface area contributed by atoms with E-state index in [2.05, 4.69) is 17.1 Å². The van der Waals surface area contributed by atoms with Gasteiger partial charge in [0.05, 0.1) is 23.7 Å². The molecule has 29 heavy (non-hydrogen) atoms. The summed E-state index contributed by atoms with van der Waals surface area (Å²) in [6, 6.07) is 4.50. The van der Waals surface area contributed by atoms with Crippen LogP contribution in [0.15, 0.2) is 23.1 Å². The van der Waals surface area contributed by atoms with Crippen LogP contribution in [0.5, 0.6) is 0 Å². The van der Waals surface area contributed by atoms with E-state index in [0.29, 0.717) is 50.0 Å². The summed E-state index contributed by atoms with van der Waals surface area (Å²) < 4.78 is 29.0. The molecule has 1 amide bonds. The van der Waals surface area contributed by atoms with Crippen molar-refractivity contribution in [3.8, 4) is 0 Å². The molecule has 0 radical (unpaired) electrons. The van der Waals surface area contributed by atoms with Gasteiger partial charge < -0.3 is 19.9 Å². The summed E-state index contributed by atoms with van der Waals surface area (Å²) in [5.41, 5.74) is 1.05.